The van der Waals surface area contributed by atoms with Crippen molar-refractivity contribution in [1.29, 1.82) is 0 Å². The maximum absolute atomic E-state index is 12.1. The Morgan fingerprint density at radius 3 is 2.66 bits per heavy atom. The minimum atomic E-state index is 0. The van der Waals surface area contributed by atoms with Gasteiger partial charge in [0.15, 0.2) is 5.96 Å². The number of halogens is 1. The molecule has 0 spiro atoms. The predicted molar refractivity (Wildman–Crippen MR) is 130 cm³/mol. The molecule has 1 unspecified atom stereocenters. The first kappa shape index (κ1) is 25.5. The molecule has 2 rings (SSSR count). The lowest BCUT2D eigenvalue weighted by molar-refractivity contribution is -0.133. The summed E-state index contributed by atoms with van der Waals surface area (Å²) in [7, 11) is 1.78. The van der Waals surface area contributed by atoms with Gasteiger partial charge in [-0.3, -0.25) is 9.79 Å². The molecule has 1 aliphatic rings. The lowest BCUT2D eigenvalue weighted by Gasteiger charge is -2.20. The molecule has 6 nitrogen and oxygen atoms in total. The summed E-state index contributed by atoms with van der Waals surface area (Å²) in [6.45, 7) is 9.21. The fourth-order valence-corrected chi connectivity index (χ4v) is 3.24. The van der Waals surface area contributed by atoms with Gasteiger partial charge in [-0.2, -0.15) is 0 Å². The van der Waals surface area contributed by atoms with Gasteiger partial charge in [-0.25, -0.2) is 0 Å². The van der Waals surface area contributed by atoms with Gasteiger partial charge in [-0.05, 0) is 37.0 Å². The first-order chi connectivity index (χ1) is 13.5. The zero-order chi connectivity index (χ0) is 20.4. The van der Waals surface area contributed by atoms with Crippen LogP contribution >= 0.6 is 24.0 Å². The van der Waals surface area contributed by atoms with Gasteiger partial charge >= 0.3 is 0 Å². The Hall–Kier alpha value is -1.51. The summed E-state index contributed by atoms with van der Waals surface area (Å²) in [4.78, 5) is 18.4. The van der Waals surface area contributed by atoms with Crippen LogP contribution in [0.5, 0.6) is 5.75 Å². The number of aliphatic imine (C=N–C) groups is 1. The van der Waals surface area contributed by atoms with Crippen molar-refractivity contribution in [3.63, 3.8) is 0 Å². The number of guanidine groups is 1. The monoisotopic (exact) mass is 516 g/mol. The number of carbonyl (C=O) groups is 1. The van der Waals surface area contributed by atoms with Crippen LogP contribution in [0.15, 0.2) is 29.3 Å². The van der Waals surface area contributed by atoms with Crippen molar-refractivity contribution in [2.24, 2.45) is 10.9 Å². The number of rotatable bonds is 9. The summed E-state index contributed by atoms with van der Waals surface area (Å²) in [5.74, 6) is 2.02. The molecule has 1 amide bonds. The highest BCUT2D eigenvalue weighted by atomic mass is 127. The number of benzene rings is 1. The van der Waals surface area contributed by atoms with Crippen LogP contribution in [-0.2, 0) is 11.2 Å². The van der Waals surface area contributed by atoms with E-state index in [-0.39, 0.29) is 41.8 Å². The Kier molecular flexibility index (Phi) is 12.0. The summed E-state index contributed by atoms with van der Waals surface area (Å²) in [6.07, 6.45) is 4.10. The molecule has 0 aliphatic carbocycles. The van der Waals surface area contributed by atoms with Crippen LogP contribution in [0.1, 0.15) is 45.6 Å². The Labute approximate surface area is 192 Å². The molecule has 1 atom stereocenters. The third-order valence-electron chi connectivity index (χ3n) is 4.95. The van der Waals surface area contributed by atoms with Gasteiger partial charge in [0.1, 0.15) is 5.75 Å². The number of hydrogen-bond acceptors (Lipinski definition) is 3. The van der Waals surface area contributed by atoms with Crippen LogP contribution in [0.3, 0.4) is 0 Å². The molecule has 1 saturated heterocycles. The van der Waals surface area contributed by atoms with E-state index in [9.17, 15) is 4.79 Å². The first-order valence-corrected chi connectivity index (χ1v) is 10.5. The van der Waals surface area contributed by atoms with E-state index in [1.165, 1.54) is 5.56 Å². The summed E-state index contributed by atoms with van der Waals surface area (Å²) >= 11 is 0. The molecule has 0 bridgehead atoms. The van der Waals surface area contributed by atoms with E-state index in [1.54, 1.807) is 7.05 Å². The Morgan fingerprint density at radius 1 is 1.31 bits per heavy atom. The zero-order valence-electron chi connectivity index (χ0n) is 18.2. The van der Waals surface area contributed by atoms with Crippen molar-refractivity contribution in [2.75, 3.05) is 33.3 Å². The summed E-state index contributed by atoms with van der Waals surface area (Å²) in [5.41, 5.74) is 1.26. The summed E-state index contributed by atoms with van der Waals surface area (Å²) in [6, 6.07) is 8.57. The molecule has 1 aromatic rings. The highest BCUT2D eigenvalue weighted by Gasteiger charge is 2.27. The molecule has 164 valence electrons. The van der Waals surface area contributed by atoms with Crippen molar-refractivity contribution in [2.45, 2.75) is 52.5 Å². The number of nitrogens with zero attached hydrogens (tertiary/aromatic N) is 2. The Morgan fingerprint density at radius 2 is 2.03 bits per heavy atom. The van der Waals surface area contributed by atoms with Crippen LogP contribution in [0, 0.1) is 5.92 Å². The zero-order valence-corrected chi connectivity index (χ0v) is 20.6. The molecule has 1 aromatic carbocycles. The molecule has 1 aliphatic heterocycles. The van der Waals surface area contributed by atoms with Gasteiger partial charge in [0.2, 0.25) is 5.91 Å². The van der Waals surface area contributed by atoms with Crippen LogP contribution in [0.25, 0.3) is 0 Å². The van der Waals surface area contributed by atoms with Crippen LogP contribution < -0.4 is 15.4 Å². The van der Waals surface area contributed by atoms with Gasteiger partial charge in [0, 0.05) is 38.6 Å². The van der Waals surface area contributed by atoms with Crippen molar-refractivity contribution in [1.82, 2.24) is 15.5 Å². The highest BCUT2D eigenvalue weighted by Crippen LogP contribution is 2.14. The lowest BCUT2D eigenvalue weighted by Crippen LogP contribution is -2.45. The molecule has 0 radical (unpaired) electrons. The highest BCUT2D eigenvalue weighted by molar-refractivity contribution is 14.0. The predicted octanol–water partition coefficient (Wildman–Crippen LogP) is 3.45. The number of carbonyl (C=O) groups excluding carboxylic acids is 1. The number of nitrogens with one attached hydrogen (secondary N) is 2. The maximum atomic E-state index is 12.1. The quantitative estimate of drug-likeness (QED) is 0.229. The molecular formula is C22H37IN4O2. The van der Waals surface area contributed by atoms with Crippen LogP contribution in [-0.4, -0.2) is 56.1 Å². The van der Waals surface area contributed by atoms with Crippen LogP contribution in [0.2, 0.25) is 0 Å². The topological polar surface area (TPSA) is 66.0 Å². The third-order valence-corrected chi connectivity index (χ3v) is 4.95. The van der Waals surface area contributed by atoms with Crippen LogP contribution in [0.4, 0.5) is 0 Å². The smallest absolute Gasteiger partial charge is 0.225 e. The largest absolute Gasteiger partial charge is 0.494 e. The second-order valence-corrected chi connectivity index (χ2v) is 7.66. The van der Waals surface area contributed by atoms with Gasteiger partial charge in [-0.1, -0.05) is 39.3 Å². The molecule has 0 saturated carbocycles. The fraction of sp³-hybridized carbons (Fsp3) is 0.636. The average Bonchev–Trinajstić information content (AvgIpc) is 3.16. The van der Waals surface area contributed by atoms with E-state index in [0.29, 0.717) is 0 Å². The van der Waals surface area contributed by atoms with Gasteiger partial charge in [0.25, 0.3) is 0 Å². The molecule has 7 heteroatoms. The second kappa shape index (κ2) is 13.7. The third kappa shape index (κ3) is 8.80. The average molecular weight is 516 g/mol. The van der Waals surface area contributed by atoms with Crippen molar-refractivity contribution < 1.29 is 9.53 Å². The fourth-order valence-electron chi connectivity index (χ4n) is 3.24. The number of unbranched alkanes of at least 4 members (excludes halogenated alkanes) is 1. The van der Waals surface area contributed by atoms with E-state index in [4.69, 9.17) is 4.74 Å². The number of ether oxygens (including phenoxy) is 1. The molecule has 1 fully saturated rings. The number of amides is 1. The van der Waals surface area contributed by atoms with Gasteiger partial charge in [-0.15, -0.1) is 24.0 Å². The molecule has 0 aromatic heterocycles. The number of hydrogen-bond donors (Lipinski definition) is 2. The Balaban J connectivity index is 0.00000420. The summed E-state index contributed by atoms with van der Waals surface area (Å²) < 4.78 is 5.70. The van der Waals surface area contributed by atoms with E-state index < -0.39 is 0 Å². The lowest BCUT2D eigenvalue weighted by atomic mass is 10.1. The van der Waals surface area contributed by atoms with Crippen molar-refractivity contribution >= 4 is 35.8 Å². The van der Waals surface area contributed by atoms with Gasteiger partial charge in [0.05, 0.1) is 6.61 Å². The van der Waals surface area contributed by atoms with E-state index >= 15 is 0 Å². The maximum Gasteiger partial charge on any atom is 0.225 e. The van der Waals surface area contributed by atoms with E-state index in [0.717, 1.165) is 63.6 Å². The minimum absolute atomic E-state index is 0. The van der Waals surface area contributed by atoms with Crippen molar-refractivity contribution in [3.8, 4) is 5.75 Å². The van der Waals surface area contributed by atoms with Gasteiger partial charge < -0.3 is 20.3 Å². The number of likely N-dealkylation sites (tertiary alicyclic amines) is 1. The molecule has 1 heterocycles. The molecule has 29 heavy (non-hydrogen) atoms. The second-order valence-electron chi connectivity index (χ2n) is 7.66. The minimum Gasteiger partial charge on any atom is -0.494 e. The standard InChI is InChI=1S/C22H36N4O2.HI/c1-5-6-15-28-20-9-7-18(8-10-20)11-13-24-22(23-4)25-19-12-14-26(16-19)21(27)17(2)3;/h7-10,17,19H,5-6,11-16H2,1-4H3,(H2,23,24,25);1H. The molecule has 2 N–H and O–H groups in total. The summed E-state index contributed by atoms with van der Waals surface area (Å²) in [5, 5.41) is 6.81. The van der Waals surface area contributed by atoms with Crippen molar-refractivity contribution in [3.05, 3.63) is 29.8 Å². The molecular weight excluding hydrogens is 479 g/mol. The normalized spacial score (nSPS) is 16.5. The first-order valence-electron chi connectivity index (χ1n) is 10.5. The van der Waals surface area contributed by atoms with E-state index in [1.807, 2.05) is 30.9 Å². The van der Waals surface area contributed by atoms with E-state index in [2.05, 4.69) is 34.7 Å². The Bertz CT molecular complexity index is 634. The SMILES string of the molecule is CCCCOc1ccc(CCNC(=NC)NC2CCN(C(=O)C(C)C)C2)cc1.I.